The van der Waals surface area contributed by atoms with Crippen LogP contribution in [0.5, 0.6) is 11.6 Å². The number of aliphatic carboxylic acids is 1. The van der Waals surface area contributed by atoms with E-state index >= 15 is 0 Å². The lowest BCUT2D eigenvalue weighted by Crippen LogP contribution is -2.16. The minimum absolute atomic E-state index is 0.0908. The van der Waals surface area contributed by atoms with Crippen LogP contribution in [0.2, 0.25) is 0 Å². The number of ether oxygens (including phenoxy) is 2. The van der Waals surface area contributed by atoms with Crippen LogP contribution in [-0.2, 0) is 11.0 Å². The third kappa shape index (κ3) is 6.27. The summed E-state index contributed by atoms with van der Waals surface area (Å²) in [4.78, 5) is 28.6. The molecule has 40 heavy (non-hydrogen) atoms. The number of fused-ring (bicyclic) bond motifs is 1. The highest BCUT2D eigenvalue weighted by Crippen LogP contribution is 2.43. The number of nitrogens with zero attached hydrogens (tertiary/aromatic N) is 2. The first-order valence-electron chi connectivity index (χ1n) is 12.8. The predicted molar refractivity (Wildman–Crippen MR) is 144 cm³/mol. The summed E-state index contributed by atoms with van der Waals surface area (Å²) in [6.07, 6.45) is -4.77. The van der Waals surface area contributed by atoms with Gasteiger partial charge in [-0.2, -0.15) is 13.2 Å². The summed E-state index contributed by atoms with van der Waals surface area (Å²) < 4.78 is 56.4. The van der Waals surface area contributed by atoms with Gasteiger partial charge in [0.1, 0.15) is 11.4 Å². The number of carbonyl (C=O) groups is 2. The SMILES string of the molecule is CC(C)Oc1ccc(-n2c(C(=O)CCC(=O)O)c(C(F)(F)F)c3cc(-c4ccc(OC(C)C)nc4)ccc32)cc1. The zero-order valence-corrected chi connectivity index (χ0v) is 22.5. The quantitative estimate of drug-likeness (QED) is 0.206. The number of hydrogen-bond acceptors (Lipinski definition) is 5. The first-order chi connectivity index (χ1) is 18.8. The van der Waals surface area contributed by atoms with Crippen LogP contribution in [0.4, 0.5) is 13.2 Å². The Morgan fingerprint density at radius 1 is 0.900 bits per heavy atom. The van der Waals surface area contributed by atoms with Gasteiger partial charge in [-0.05, 0) is 75.7 Å². The molecule has 4 aromatic rings. The van der Waals surface area contributed by atoms with Gasteiger partial charge in [0.25, 0.3) is 0 Å². The van der Waals surface area contributed by atoms with Crippen molar-refractivity contribution in [1.29, 1.82) is 0 Å². The number of ketones is 1. The zero-order valence-electron chi connectivity index (χ0n) is 22.5. The van der Waals surface area contributed by atoms with Gasteiger partial charge in [0.15, 0.2) is 5.78 Å². The van der Waals surface area contributed by atoms with E-state index in [2.05, 4.69) is 4.98 Å². The van der Waals surface area contributed by atoms with Gasteiger partial charge >= 0.3 is 12.1 Å². The van der Waals surface area contributed by atoms with E-state index in [1.165, 1.54) is 22.9 Å². The number of benzene rings is 2. The highest BCUT2D eigenvalue weighted by Gasteiger charge is 2.41. The third-order valence-corrected chi connectivity index (χ3v) is 5.97. The maximum absolute atomic E-state index is 14.7. The zero-order chi connectivity index (χ0) is 29.2. The van der Waals surface area contributed by atoms with Gasteiger partial charge in [0.05, 0.1) is 29.7 Å². The number of carbonyl (C=O) groups excluding carboxylic acids is 1. The Morgan fingerprint density at radius 3 is 2.10 bits per heavy atom. The fourth-order valence-electron chi connectivity index (χ4n) is 4.44. The van der Waals surface area contributed by atoms with E-state index in [4.69, 9.17) is 14.6 Å². The predicted octanol–water partition coefficient (Wildman–Crippen LogP) is 7.33. The van der Waals surface area contributed by atoms with Crippen LogP contribution in [0.15, 0.2) is 60.8 Å². The van der Waals surface area contributed by atoms with Crippen LogP contribution < -0.4 is 9.47 Å². The largest absolute Gasteiger partial charge is 0.491 e. The molecule has 2 aromatic heterocycles. The minimum Gasteiger partial charge on any atom is -0.491 e. The van der Waals surface area contributed by atoms with E-state index < -0.39 is 42.0 Å². The van der Waals surface area contributed by atoms with Crippen molar-refractivity contribution in [3.05, 3.63) is 72.1 Å². The molecule has 10 heteroatoms. The minimum atomic E-state index is -4.90. The summed E-state index contributed by atoms with van der Waals surface area (Å²) >= 11 is 0. The summed E-state index contributed by atoms with van der Waals surface area (Å²) in [6, 6.07) is 14.2. The molecule has 0 radical (unpaired) electrons. The Balaban J connectivity index is 1.93. The van der Waals surface area contributed by atoms with Crippen LogP contribution in [0.25, 0.3) is 27.7 Å². The fourth-order valence-corrected chi connectivity index (χ4v) is 4.44. The standard InChI is InChI=1S/C30H29F3N2O5/c1-17(2)39-22-9-7-21(8-10-22)35-24-11-5-19(20-6-13-26(34-16-20)40-18(3)4)15-23(24)28(30(31,32)33)29(35)25(36)12-14-27(37)38/h5-11,13,15-18H,12,14H2,1-4H3,(H,37,38). The van der Waals surface area contributed by atoms with Crippen molar-refractivity contribution in [3.8, 4) is 28.4 Å². The second-order valence-corrected chi connectivity index (χ2v) is 9.82. The number of Topliss-reactive ketones (excluding diaryl/α,β-unsaturated/α-hetero) is 1. The molecule has 1 N–H and O–H groups in total. The molecule has 4 rings (SSSR count). The highest BCUT2D eigenvalue weighted by molar-refractivity contribution is 6.05. The summed E-state index contributed by atoms with van der Waals surface area (Å²) in [5.74, 6) is -1.30. The molecule has 0 spiro atoms. The molecule has 0 aliphatic rings. The van der Waals surface area contributed by atoms with Gasteiger partial charge in [0, 0.05) is 35.3 Å². The highest BCUT2D eigenvalue weighted by atomic mass is 19.4. The van der Waals surface area contributed by atoms with Gasteiger partial charge in [0.2, 0.25) is 5.88 Å². The molecule has 2 heterocycles. The number of pyridine rings is 1. The average molecular weight is 555 g/mol. The van der Waals surface area contributed by atoms with Crippen molar-refractivity contribution < 1.29 is 37.3 Å². The maximum Gasteiger partial charge on any atom is 0.419 e. The summed E-state index contributed by atoms with van der Waals surface area (Å²) in [5, 5.41) is 8.90. The van der Waals surface area contributed by atoms with E-state index in [1.54, 1.807) is 42.5 Å². The molecular weight excluding hydrogens is 525 g/mol. The van der Waals surface area contributed by atoms with Gasteiger partial charge in [-0.25, -0.2) is 4.98 Å². The first-order valence-corrected chi connectivity index (χ1v) is 12.8. The summed E-state index contributed by atoms with van der Waals surface area (Å²) in [7, 11) is 0. The lowest BCUT2D eigenvalue weighted by atomic mass is 10.0. The van der Waals surface area contributed by atoms with E-state index in [0.717, 1.165) is 0 Å². The number of halogens is 3. The molecule has 0 aliphatic carbocycles. The van der Waals surface area contributed by atoms with Gasteiger partial charge in [-0.3, -0.25) is 9.59 Å². The Morgan fingerprint density at radius 2 is 1.55 bits per heavy atom. The maximum atomic E-state index is 14.7. The van der Waals surface area contributed by atoms with Crippen molar-refractivity contribution in [2.75, 3.05) is 0 Å². The molecule has 0 fully saturated rings. The Hall–Kier alpha value is -4.34. The Labute approximate surface area is 229 Å². The topological polar surface area (TPSA) is 90.7 Å². The molecule has 0 saturated carbocycles. The molecule has 0 aliphatic heterocycles. The number of rotatable bonds is 10. The first kappa shape index (κ1) is 28.7. The third-order valence-electron chi connectivity index (χ3n) is 5.97. The molecule has 0 atom stereocenters. The lowest BCUT2D eigenvalue weighted by molar-refractivity contribution is -0.137. The number of carboxylic acids is 1. The monoisotopic (exact) mass is 554 g/mol. The van der Waals surface area contributed by atoms with Crippen molar-refractivity contribution in [1.82, 2.24) is 9.55 Å². The lowest BCUT2D eigenvalue weighted by Gasteiger charge is -2.14. The Bertz CT molecular complexity index is 1520. The van der Waals surface area contributed by atoms with Crippen LogP contribution >= 0.6 is 0 Å². The summed E-state index contributed by atoms with van der Waals surface area (Å²) in [5.41, 5.74) is -0.246. The second kappa shape index (κ2) is 11.4. The smallest absolute Gasteiger partial charge is 0.419 e. The number of aromatic nitrogens is 2. The van der Waals surface area contributed by atoms with E-state index in [9.17, 15) is 22.8 Å². The van der Waals surface area contributed by atoms with Gasteiger partial charge in [-0.1, -0.05) is 6.07 Å². The second-order valence-electron chi connectivity index (χ2n) is 9.82. The van der Waals surface area contributed by atoms with E-state index in [0.29, 0.717) is 28.4 Å². The van der Waals surface area contributed by atoms with Crippen molar-refractivity contribution in [3.63, 3.8) is 0 Å². The fraction of sp³-hybridized carbons (Fsp3) is 0.300. The van der Waals surface area contributed by atoms with Crippen LogP contribution in [-0.4, -0.2) is 38.6 Å². The average Bonchev–Trinajstić information content (AvgIpc) is 3.22. The Kier molecular flexibility index (Phi) is 8.18. The van der Waals surface area contributed by atoms with E-state index in [1.807, 2.05) is 27.7 Å². The summed E-state index contributed by atoms with van der Waals surface area (Å²) in [6.45, 7) is 7.40. The normalized spacial score (nSPS) is 11.8. The van der Waals surface area contributed by atoms with Crippen LogP contribution in [0, 0.1) is 0 Å². The molecule has 0 bridgehead atoms. The van der Waals surface area contributed by atoms with Gasteiger partial charge in [-0.15, -0.1) is 0 Å². The molecule has 0 amide bonds. The van der Waals surface area contributed by atoms with Crippen molar-refractivity contribution >= 4 is 22.7 Å². The van der Waals surface area contributed by atoms with Crippen molar-refractivity contribution in [2.45, 2.75) is 58.9 Å². The molecule has 0 unspecified atom stereocenters. The molecule has 2 aromatic carbocycles. The van der Waals surface area contributed by atoms with E-state index in [-0.39, 0.29) is 23.1 Å². The molecule has 7 nitrogen and oxygen atoms in total. The molecule has 0 saturated heterocycles. The van der Waals surface area contributed by atoms with Crippen LogP contribution in [0.1, 0.15) is 56.6 Å². The number of carboxylic acid groups (broad SMARTS) is 1. The number of alkyl halides is 3. The van der Waals surface area contributed by atoms with Crippen molar-refractivity contribution in [2.24, 2.45) is 0 Å². The van der Waals surface area contributed by atoms with Gasteiger partial charge < -0.3 is 19.1 Å². The molecule has 210 valence electrons. The van der Waals surface area contributed by atoms with Crippen LogP contribution in [0.3, 0.4) is 0 Å². The molecular formula is C30H29F3N2O5. The number of hydrogen-bond donors (Lipinski definition) is 1.